The van der Waals surface area contributed by atoms with Crippen molar-refractivity contribution in [3.8, 4) is 11.4 Å². The number of hydrogen-bond acceptors (Lipinski definition) is 6. The Morgan fingerprint density at radius 2 is 2.05 bits per heavy atom. The van der Waals surface area contributed by atoms with Gasteiger partial charge in [-0.15, -0.1) is 0 Å². The number of H-pyrrole nitrogens is 1. The lowest BCUT2D eigenvalue weighted by Crippen LogP contribution is -2.30. The van der Waals surface area contributed by atoms with E-state index in [4.69, 9.17) is 0 Å². The second-order valence-corrected chi connectivity index (χ2v) is 5.36. The molecule has 0 aliphatic carbocycles. The van der Waals surface area contributed by atoms with E-state index in [2.05, 4.69) is 35.0 Å². The van der Waals surface area contributed by atoms with Crippen molar-refractivity contribution in [1.82, 2.24) is 35.0 Å². The van der Waals surface area contributed by atoms with E-state index in [-0.39, 0.29) is 0 Å². The maximum absolute atomic E-state index is 4.68. The van der Waals surface area contributed by atoms with Gasteiger partial charge in [0, 0.05) is 62.0 Å². The van der Waals surface area contributed by atoms with Crippen LogP contribution < -0.4 is 0 Å². The smallest absolute Gasteiger partial charge is 0.162 e. The molecule has 0 radical (unpaired) electrons. The van der Waals surface area contributed by atoms with Gasteiger partial charge in [-0.3, -0.25) is 10.00 Å². The number of hydrogen-bond donors (Lipinski definition) is 1. The third-order valence-corrected chi connectivity index (χ3v) is 3.79. The van der Waals surface area contributed by atoms with Crippen LogP contribution >= 0.6 is 0 Å². The van der Waals surface area contributed by atoms with E-state index < -0.39 is 0 Å². The maximum atomic E-state index is 4.68. The third kappa shape index (κ3) is 2.58. The number of aromatic nitrogens is 6. The molecule has 0 fully saturated rings. The van der Waals surface area contributed by atoms with E-state index in [1.165, 1.54) is 17.5 Å². The Balaban J connectivity index is 1.54. The highest BCUT2D eigenvalue weighted by Gasteiger charge is 2.19. The van der Waals surface area contributed by atoms with E-state index in [1.54, 1.807) is 12.4 Å². The van der Waals surface area contributed by atoms with Crippen LogP contribution in [0, 0.1) is 0 Å². The molecule has 0 unspecified atom stereocenters. The minimum atomic E-state index is 0.697. The van der Waals surface area contributed by atoms with Crippen LogP contribution in [0.1, 0.15) is 16.8 Å². The molecule has 4 heterocycles. The molecule has 3 aromatic heterocycles. The quantitative estimate of drug-likeness (QED) is 0.781. The SMILES string of the molecule is c1ncc(-c2ncc3c(n2)CCN(Cc2cn[nH]c2)C3)cn1. The van der Waals surface area contributed by atoms with Crippen molar-refractivity contribution >= 4 is 0 Å². The maximum Gasteiger partial charge on any atom is 0.162 e. The molecule has 0 aromatic carbocycles. The van der Waals surface area contributed by atoms with Crippen molar-refractivity contribution in [1.29, 1.82) is 0 Å². The fourth-order valence-corrected chi connectivity index (χ4v) is 2.69. The van der Waals surface area contributed by atoms with E-state index >= 15 is 0 Å². The third-order valence-electron chi connectivity index (χ3n) is 3.79. The van der Waals surface area contributed by atoms with Crippen molar-refractivity contribution in [3.05, 3.63) is 54.1 Å². The van der Waals surface area contributed by atoms with Crippen LogP contribution in [-0.2, 0) is 19.5 Å². The monoisotopic (exact) mass is 293 g/mol. The summed E-state index contributed by atoms with van der Waals surface area (Å²) < 4.78 is 0. The summed E-state index contributed by atoms with van der Waals surface area (Å²) >= 11 is 0. The molecular formula is C15H15N7. The number of fused-ring (bicyclic) bond motifs is 1. The van der Waals surface area contributed by atoms with Crippen LogP contribution in [0.15, 0.2) is 37.3 Å². The van der Waals surface area contributed by atoms with Crippen molar-refractivity contribution in [2.45, 2.75) is 19.5 Å². The van der Waals surface area contributed by atoms with Gasteiger partial charge in [-0.1, -0.05) is 0 Å². The Morgan fingerprint density at radius 3 is 2.86 bits per heavy atom. The normalized spacial score (nSPS) is 14.7. The first kappa shape index (κ1) is 13.0. The second kappa shape index (κ2) is 5.61. The van der Waals surface area contributed by atoms with E-state index in [9.17, 15) is 0 Å². The molecule has 1 aliphatic heterocycles. The first-order chi connectivity index (χ1) is 10.9. The lowest BCUT2D eigenvalue weighted by molar-refractivity contribution is 0.243. The first-order valence-corrected chi connectivity index (χ1v) is 7.19. The molecule has 22 heavy (non-hydrogen) atoms. The predicted molar refractivity (Wildman–Crippen MR) is 79.5 cm³/mol. The van der Waals surface area contributed by atoms with Gasteiger partial charge in [0.05, 0.1) is 17.5 Å². The number of nitrogens with one attached hydrogen (secondary N) is 1. The Bertz CT molecular complexity index is 755. The summed E-state index contributed by atoms with van der Waals surface area (Å²) in [4.78, 5) is 19.6. The second-order valence-electron chi connectivity index (χ2n) is 5.36. The zero-order valence-electron chi connectivity index (χ0n) is 12.0. The van der Waals surface area contributed by atoms with Gasteiger partial charge < -0.3 is 0 Å². The zero-order valence-corrected chi connectivity index (χ0v) is 12.0. The summed E-state index contributed by atoms with van der Waals surface area (Å²) in [6.07, 6.45) is 11.6. The molecule has 7 nitrogen and oxygen atoms in total. The number of rotatable bonds is 3. The highest BCUT2D eigenvalue weighted by Crippen LogP contribution is 2.21. The van der Waals surface area contributed by atoms with Crippen molar-refractivity contribution in [2.75, 3.05) is 6.54 Å². The molecule has 0 amide bonds. The summed E-state index contributed by atoms with van der Waals surface area (Å²) in [5.41, 5.74) is 4.36. The summed E-state index contributed by atoms with van der Waals surface area (Å²) in [5, 5.41) is 6.84. The zero-order chi connectivity index (χ0) is 14.8. The average molecular weight is 293 g/mol. The molecule has 0 bridgehead atoms. The lowest BCUT2D eigenvalue weighted by atomic mass is 10.1. The van der Waals surface area contributed by atoms with Crippen molar-refractivity contribution < 1.29 is 0 Å². The van der Waals surface area contributed by atoms with Crippen LogP contribution in [-0.4, -0.2) is 41.6 Å². The van der Waals surface area contributed by atoms with E-state index in [0.29, 0.717) is 5.82 Å². The minimum Gasteiger partial charge on any atom is -0.294 e. The Morgan fingerprint density at radius 1 is 1.14 bits per heavy atom. The van der Waals surface area contributed by atoms with Crippen LogP contribution in [0.3, 0.4) is 0 Å². The Hall–Kier alpha value is -2.67. The van der Waals surface area contributed by atoms with Gasteiger partial charge in [0.2, 0.25) is 0 Å². The topological polar surface area (TPSA) is 83.5 Å². The molecule has 7 heteroatoms. The molecule has 4 rings (SSSR count). The van der Waals surface area contributed by atoms with Gasteiger partial charge in [0.25, 0.3) is 0 Å². The van der Waals surface area contributed by atoms with Gasteiger partial charge in [-0.2, -0.15) is 5.10 Å². The lowest BCUT2D eigenvalue weighted by Gasteiger charge is -2.27. The van der Waals surface area contributed by atoms with Gasteiger partial charge >= 0.3 is 0 Å². The molecule has 1 aliphatic rings. The van der Waals surface area contributed by atoms with Crippen molar-refractivity contribution in [2.24, 2.45) is 0 Å². The highest BCUT2D eigenvalue weighted by molar-refractivity contribution is 5.52. The summed E-state index contributed by atoms with van der Waals surface area (Å²) in [5.74, 6) is 0.697. The van der Waals surface area contributed by atoms with Crippen LogP contribution in [0.2, 0.25) is 0 Å². The molecule has 0 saturated heterocycles. The molecule has 110 valence electrons. The van der Waals surface area contributed by atoms with Gasteiger partial charge in [0.15, 0.2) is 5.82 Å². The average Bonchev–Trinajstić information content (AvgIpc) is 3.08. The van der Waals surface area contributed by atoms with Gasteiger partial charge in [-0.05, 0) is 0 Å². The molecule has 0 atom stereocenters. The first-order valence-electron chi connectivity index (χ1n) is 7.19. The Labute approximate surface area is 127 Å². The van der Waals surface area contributed by atoms with Gasteiger partial charge in [-0.25, -0.2) is 19.9 Å². The van der Waals surface area contributed by atoms with E-state index in [0.717, 1.165) is 37.3 Å². The van der Waals surface area contributed by atoms with Crippen LogP contribution in [0.5, 0.6) is 0 Å². The largest absolute Gasteiger partial charge is 0.294 e. The molecule has 0 spiro atoms. The van der Waals surface area contributed by atoms with Gasteiger partial charge in [0.1, 0.15) is 6.33 Å². The minimum absolute atomic E-state index is 0.697. The number of aromatic amines is 1. The predicted octanol–water partition coefficient (Wildman–Crippen LogP) is 1.21. The molecular weight excluding hydrogens is 278 g/mol. The summed E-state index contributed by atoms with van der Waals surface area (Å²) in [6, 6.07) is 0. The standard InChI is InChI=1S/C15H15N7/c1-2-22(8-11-3-19-20-4-11)9-13-7-18-15(21-14(1)13)12-5-16-10-17-6-12/h3-7,10H,1-2,8-9H2,(H,19,20). The summed E-state index contributed by atoms with van der Waals surface area (Å²) in [7, 11) is 0. The van der Waals surface area contributed by atoms with Crippen molar-refractivity contribution in [3.63, 3.8) is 0 Å². The molecule has 3 aromatic rings. The van der Waals surface area contributed by atoms with Crippen LogP contribution in [0.25, 0.3) is 11.4 Å². The molecule has 1 N–H and O–H groups in total. The number of nitrogens with zero attached hydrogens (tertiary/aromatic N) is 6. The fraction of sp³-hybridized carbons (Fsp3) is 0.267. The van der Waals surface area contributed by atoms with Crippen LogP contribution in [0.4, 0.5) is 0 Å². The molecule has 0 saturated carbocycles. The van der Waals surface area contributed by atoms with E-state index in [1.807, 2.05) is 18.6 Å². The fourth-order valence-electron chi connectivity index (χ4n) is 2.69. The highest BCUT2D eigenvalue weighted by atomic mass is 15.1. The summed E-state index contributed by atoms with van der Waals surface area (Å²) in [6.45, 7) is 2.75. The Kier molecular flexibility index (Phi) is 3.32.